The van der Waals surface area contributed by atoms with E-state index in [4.69, 9.17) is 9.84 Å². The topological polar surface area (TPSA) is 49.8 Å². The monoisotopic (exact) mass is 189 g/mol. The van der Waals surface area contributed by atoms with Crippen molar-refractivity contribution in [1.29, 1.82) is 0 Å². The van der Waals surface area contributed by atoms with Crippen LogP contribution in [0, 0.1) is 0 Å². The van der Waals surface area contributed by atoms with Crippen LogP contribution in [0.4, 0.5) is 0 Å². The molecule has 0 aliphatic rings. The van der Waals surface area contributed by atoms with Crippen molar-refractivity contribution in [3.05, 3.63) is 0 Å². The molecule has 0 bridgehead atoms. The molecule has 78 valence electrons. The highest BCUT2D eigenvalue weighted by Gasteiger charge is 2.21. The van der Waals surface area contributed by atoms with E-state index in [1.165, 1.54) is 0 Å². The Morgan fingerprint density at radius 2 is 2.15 bits per heavy atom. The lowest BCUT2D eigenvalue weighted by molar-refractivity contribution is -0.143. The zero-order valence-corrected chi connectivity index (χ0v) is 8.78. The highest BCUT2D eigenvalue weighted by Crippen LogP contribution is 2.03. The van der Waals surface area contributed by atoms with Crippen molar-refractivity contribution in [1.82, 2.24) is 4.90 Å². The van der Waals surface area contributed by atoms with Crippen LogP contribution in [0.3, 0.4) is 0 Å². The molecule has 0 saturated carbocycles. The molecule has 13 heavy (non-hydrogen) atoms. The molecule has 0 fully saturated rings. The minimum Gasteiger partial charge on any atom is -0.480 e. The van der Waals surface area contributed by atoms with Crippen molar-refractivity contribution in [3.63, 3.8) is 0 Å². The number of hydrogen-bond donors (Lipinski definition) is 1. The number of methoxy groups -OCH3 is 1. The lowest BCUT2D eigenvalue weighted by Crippen LogP contribution is -2.41. The maximum absolute atomic E-state index is 10.8. The summed E-state index contributed by atoms with van der Waals surface area (Å²) in [6.45, 7) is 4.43. The van der Waals surface area contributed by atoms with Crippen LogP contribution < -0.4 is 0 Å². The minimum absolute atomic E-state index is 0.0680. The molecule has 0 aliphatic heterocycles. The third kappa shape index (κ3) is 4.24. The van der Waals surface area contributed by atoms with Gasteiger partial charge in [0.25, 0.3) is 0 Å². The van der Waals surface area contributed by atoms with Gasteiger partial charge in [0, 0.05) is 13.7 Å². The van der Waals surface area contributed by atoms with Gasteiger partial charge in [-0.25, -0.2) is 0 Å². The van der Waals surface area contributed by atoms with Crippen molar-refractivity contribution in [2.24, 2.45) is 0 Å². The zero-order chi connectivity index (χ0) is 10.4. The van der Waals surface area contributed by atoms with E-state index in [0.29, 0.717) is 13.0 Å². The average molecular weight is 189 g/mol. The molecule has 0 saturated heterocycles. The summed E-state index contributed by atoms with van der Waals surface area (Å²) in [7, 11) is 3.43. The van der Waals surface area contributed by atoms with E-state index in [1.807, 2.05) is 13.8 Å². The van der Waals surface area contributed by atoms with Gasteiger partial charge in [-0.15, -0.1) is 0 Å². The van der Waals surface area contributed by atoms with Crippen LogP contribution in [-0.2, 0) is 9.53 Å². The van der Waals surface area contributed by atoms with Crippen molar-refractivity contribution in [2.75, 3.05) is 20.7 Å². The number of carboxylic acids is 1. The van der Waals surface area contributed by atoms with Crippen LogP contribution in [0.15, 0.2) is 0 Å². The average Bonchev–Trinajstić information content (AvgIpc) is 2.04. The first-order chi connectivity index (χ1) is 6.02. The van der Waals surface area contributed by atoms with Crippen LogP contribution in [0.1, 0.15) is 20.3 Å². The van der Waals surface area contributed by atoms with Crippen molar-refractivity contribution in [2.45, 2.75) is 32.4 Å². The molecule has 0 aromatic heterocycles. The van der Waals surface area contributed by atoms with E-state index in [0.717, 1.165) is 0 Å². The normalized spacial score (nSPS) is 15.8. The Kier molecular flexibility index (Phi) is 5.66. The Hall–Kier alpha value is -0.610. The lowest BCUT2D eigenvalue weighted by atomic mass is 10.2. The molecule has 4 heteroatoms. The largest absolute Gasteiger partial charge is 0.480 e. The number of carboxylic acid groups (broad SMARTS) is 1. The minimum atomic E-state index is -0.770. The number of carbonyl (C=O) groups is 1. The summed E-state index contributed by atoms with van der Waals surface area (Å²) in [4.78, 5) is 12.6. The molecule has 0 aromatic rings. The molecule has 0 radical (unpaired) electrons. The van der Waals surface area contributed by atoms with Crippen molar-refractivity contribution < 1.29 is 14.6 Å². The Morgan fingerprint density at radius 3 is 2.46 bits per heavy atom. The second-order valence-electron chi connectivity index (χ2n) is 3.25. The summed E-state index contributed by atoms with van der Waals surface area (Å²) in [5, 5.41) is 8.85. The number of nitrogens with zero attached hydrogens (tertiary/aromatic N) is 1. The van der Waals surface area contributed by atoms with Crippen LogP contribution in [0.2, 0.25) is 0 Å². The molecular formula is C9H19NO3. The van der Waals surface area contributed by atoms with Gasteiger partial charge in [0.15, 0.2) is 0 Å². The number of hydrogen-bond acceptors (Lipinski definition) is 3. The number of ether oxygens (including phenoxy) is 1. The van der Waals surface area contributed by atoms with Crippen LogP contribution in [-0.4, -0.2) is 48.8 Å². The molecule has 4 nitrogen and oxygen atoms in total. The van der Waals surface area contributed by atoms with E-state index in [2.05, 4.69) is 0 Å². The first-order valence-corrected chi connectivity index (χ1v) is 4.48. The number of rotatable bonds is 6. The SMILES string of the molecule is CCC(C(=O)O)N(C)CC(C)OC. The molecular weight excluding hydrogens is 170 g/mol. The fraction of sp³-hybridized carbons (Fsp3) is 0.889. The fourth-order valence-electron chi connectivity index (χ4n) is 1.28. The highest BCUT2D eigenvalue weighted by atomic mass is 16.5. The van der Waals surface area contributed by atoms with Gasteiger partial charge in [-0.05, 0) is 20.4 Å². The van der Waals surface area contributed by atoms with E-state index in [-0.39, 0.29) is 6.10 Å². The standard InChI is InChI=1S/C9H19NO3/c1-5-8(9(11)12)10(3)6-7(2)13-4/h7-8H,5-6H2,1-4H3,(H,11,12). The second-order valence-corrected chi connectivity index (χ2v) is 3.25. The van der Waals surface area contributed by atoms with Gasteiger partial charge >= 0.3 is 5.97 Å². The van der Waals surface area contributed by atoms with E-state index >= 15 is 0 Å². The maximum Gasteiger partial charge on any atom is 0.320 e. The smallest absolute Gasteiger partial charge is 0.320 e. The van der Waals surface area contributed by atoms with Crippen LogP contribution in [0.25, 0.3) is 0 Å². The molecule has 0 aromatic carbocycles. The second kappa shape index (κ2) is 5.94. The summed E-state index contributed by atoms with van der Waals surface area (Å²) in [5.41, 5.74) is 0. The quantitative estimate of drug-likeness (QED) is 0.672. The van der Waals surface area contributed by atoms with Gasteiger partial charge < -0.3 is 9.84 Å². The van der Waals surface area contributed by atoms with Crippen molar-refractivity contribution in [3.8, 4) is 0 Å². The Morgan fingerprint density at radius 1 is 1.62 bits per heavy atom. The van der Waals surface area contributed by atoms with E-state index in [9.17, 15) is 4.79 Å². The number of aliphatic carboxylic acids is 1. The summed E-state index contributed by atoms with van der Waals surface area (Å²) in [6, 6.07) is -0.405. The van der Waals surface area contributed by atoms with Crippen LogP contribution in [0.5, 0.6) is 0 Å². The molecule has 0 heterocycles. The molecule has 0 amide bonds. The maximum atomic E-state index is 10.8. The Balaban J connectivity index is 4.05. The third-order valence-electron chi connectivity index (χ3n) is 2.15. The fourth-order valence-corrected chi connectivity index (χ4v) is 1.28. The first-order valence-electron chi connectivity index (χ1n) is 4.48. The van der Waals surface area contributed by atoms with Gasteiger partial charge in [-0.2, -0.15) is 0 Å². The van der Waals surface area contributed by atoms with E-state index in [1.54, 1.807) is 19.1 Å². The molecule has 2 atom stereocenters. The summed E-state index contributed by atoms with van der Waals surface area (Å²) >= 11 is 0. The Bertz CT molecular complexity index is 161. The molecule has 0 rings (SSSR count). The molecule has 0 aliphatic carbocycles. The van der Waals surface area contributed by atoms with Gasteiger partial charge in [0.1, 0.15) is 6.04 Å². The first kappa shape index (κ1) is 12.4. The third-order valence-corrected chi connectivity index (χ3v) is 2.15. The number of likely N-dealkylation sites (N-methyl/N-ethyl adjacent to an activating group) is 1. The van der Waals surface area contributed by atoms with Crippen LogP contribution >= 0.6 is 0 Å². The predicted octanol–water partition coefficient (Wildman–Crippen LogP) is 0.816. The van der Waals surface area contributed by atoms with Gasteiger partial charge in [0.05, 0.1) is 6.10 Å². The van der Waals surface area contributed by atoms with Gasteiger partial charge in [0.2, 0.25) is 0 Å². The predicted molar refractivity (Wildman–Crippen MR) is 50.8 cm³/mol. The van der Waals surface area contributed by atoms with Crippen molar-refractivity contribution >= 4 is 5.97 Å². The zero-order valence-electron chi connectivity index (χ0n) is 8.78. The lowest BCUT2D eigenvalue weighted by Gasteiger charge is -2.25. The molecule has 1 N–H and O–H groups in total. The summed E-state index contributed by atoms with van der Waals surface area (Å²) in [5.74, 6) is -0.770. The summed E-state index contributed by atoms with van der Waals surface area (Å²) < 4.78 is 5.06. The molecule has 0 spiro atoms. The summed E-state index contributed by atoms with van der Waals surface area (Å²) in [6.07, 6.45) is 0.681. The Labute approximate surface area is 79.5 Å². The highest BCUT2D eigenvalue weighted by molar-refractivity contribution is 5.73. The van der Waals surface area contributed by atoms with Gasteiger partial charge in [-0.3, -0.25) is 9.69 Å². The molecule has 2 unspecified atom stereocenters. The van der Waals surface area contributed by atoms with E-state index < -0.39 is 12.0 Å². The van der Waals surface area contributed by atoms with Gasteiger partial charge in [-0.1, -0.05) is 6.92 Å².